The molecule has 2 aliphatic rings. The van der Waals surface area contributed by atoms with Gasteiger partial charge in [0.25, 0.3) is 11.5 Å². The molecule has 3 aromatic rings. The molecule has 3 heterocycles. The average molecular weight is 447 g/mol. The van der Waals surface area contributed by atoms with Crippen molar-refractivity contribution in [3.05, 3.63) is 86.8 Å². The van der Waals surface area contributed by atoms with Crippen molar-refractivity contribution in [3.63, 3.8) is 0 Å². The van der Waals surface area contributed by atoms with Gasteiger partial charge in [0.2, 0.25) is 0 Å². The zero-order chi connectivity index (χ0) is 22.9. The predicted molar refractivity (Wildman–Crippen MR) is 126 cm³/mol. The second-order valence-electron chi connectivity index (χ2n) is 9.01. The first kappa shape index (κ1) is 21.4. The SMILES string of the molecule is Cc1cc(Nc2ccc(F)cc2)cc([C@H]2CCN(C(=O)c3cc4c([nH]c3=O)CCCC4)C2)n1. The number of likely N-dealkylation sites (tertiary alicyclic amines) is 1. The Bertz CT molecular complexity index is 1250. The normalized spacial score (nSPS) is 17.6. The van der Waals surface area contributed by atoms with Crippen molar-refractivity contribution in [1.29, 1.82) is 0 Å². The van der Waals surface area contributed by atoms with Crippen LogP contribution in [0.3, 0.4) is 0 Å². The zero-order valence-corrected chi connectivity index (χ0v) is 18.7. The Morgan fingerprint density at radius 3 is 2.73 bits per heavy atom. The van der Waals surface area contributed by atoms with Gasteiger partial charge in [-0.2, -0.15) is 0 Å². The van der Waals surface area contributed by atoms with Crippen molar-refractivity contribution in [2.75, 3.05) is 18.4 Å². The van der Waals surface area contributed by atoms with Gasteiger partial charge in [-0.25, -0.2) is 4.39 Å². The van der Waals surface area contributed by atoms with Gasteiger partial charge in [0.05, 0.1) is 0 Å². The number of rotatable bonds is 4. The summed E-state index contributed by atoms with van der Waals surface area (Å²) < 4.78 is 13.2. The Morgan fingerprint density at radius 2 is 1.91 bits per heavy atom. The summed E-state index contributed by atoms with van der Waals surface area (Å²) in [7, 11) is 0. The molecule has 1 amide bonds. The molecule has 1 aliphatic heterocycles. The van der Waals surface area contributed by atoms with Gasteiger partial charge >= 0.3 is 0 Å². The summed E-state index contributed by atoms with van der Waals surface area (Å²) in [6.07, 6.45) is 4.74. The van der Waals surface area contributed by atoms with Crippen LogP contribution in [-0.2, 0) is 12.8 Å². The Hall–Kier alpha value is -3.48. The van der Waals surface area contributed by atoms with E-state index in [1.54, 1.807) is 23.1 Å². The van der Waals surface area contributed by atoms with E-state index in [1.807, 2.05) is 19.1 Å². The number of aromatic amines is 1. The highest BCUT2D eigenvalue weighted by Crippen LogP contribution is 2.30. The van der Waals surface area contributed by atoms with Crippen molar-refractivity contribution in [3.8, 4) is 0 Å². The minimum absolute atomic E-state index is 0.0966. The van der Waals surface area contributed by atoms with Gasteiger partial charge in [-0.15, -0.1) is 0 Å². The van der Waals surface area contributed by atoms with Crippen LogP contribution >= 0.6 is 0 Å². The van der Waals surface area contributed by atoms with E-state index in [1.165, 1.54) is 12.1 Å². The number of carbonyl (C=O) groups is 1. The fourth-order valence-electron chi connectivity index (χ4n) is 4.87. The largest absolute Gasteiger partial charge is 0.355 e. The fourth-order valence-corrected chi connectivity index (χ4v) is 4.87. The number of H-pyrrole nitrogens is 1. The number of pyridine rings is 2. The number of nitrogens with zero attached hydrogens (tertiary/aromatic N) is 2. The number of nitrogens with one attached hydrogen (secondary N) is 2. The summed E-state index contributed by atoms with van der Waals surface area (Å²) in [6, 6.07) is 11.9. The van der Waals surface area contributed by atoms with E-state index in [2.05, 4.69) is 10.3 Å². The number of fused-ring (bicyclic) bond motifs is 1. The van der Waals surface area contributed by atoms with Crippen molar-refractivity contribution in [2.45, 2.75) is 44.9 Å². The number of anilines is 2. The maximum absolute atomic E-state index is 13.2. The first-order valence-electron chi connectivity index (χ1n) is 11.5. The molecule has 6 nitrogen and oxygen atoms in total. The van der Waals surface area contributed by atoms with Gasteiger partial charge in [0.15, 0.2) is 0 Å². The molecular weight excluding hydrogens is 419 g/mol. The molecule has 1 aromatic carbocycles. The molecule has 170 valence electrons. The monoisotopic (exact) mass is 446 g/mol. The summed E-state index contributed by atoms with van der Waals surface area (Å²) in [5, 5.41) is 3.30. The molecule has 5 rings (SSSR count). The summed E-state index contributed by atoms with van der Waals surface area (Å²) in [5.74, 6) is -0.385. The highest BCUT2D eigenvalue weighted by molar-refractivity contribution is 5.94. The predicted octanol–water partition coefficient (Wildman–Crippen LogP) is 4.47. The molecule has 1 fully saturated rings. The molecule has 2 N–H and O–H groups in total. The third-order valence-corrected chi connectivity index (χ3v) is 6.57. The minimum atomic E-state index is -0.288. The summed E-state index contributed by atoms with van der Waals surface area (Å²) in [4.78, 5) is 35.2. The summed E-state index contributed by atoms with van der Waals surface area (Å²) >= 11 is 0. The first-order chi connectivity index (χ1) is 16.0. The van der Waals surface area contributed by atoms with Gasteiger partial charge in [-0.3, -0.25) is 14.6 Å². The van der Waals surface area contributed by atoms with Crippen LogP contribution in [0.5, 0.6) is 0 Å². The van der Waals surface area contributed by atoms with E-state index >= 15 is 0 Å². The van der Waals surface area contributed by atoms with Crippen molar-refractivity contribution in [1.82, 2.24) is 14.9 Å². The van der Waals surface area contributed by atoms with Crippen LogP contribution in [0, 0.1) is 12.7 Å². The molecule has 2 aromatic heterocycles. The van der Waals surface area contributed by atoms with E-state index in [-0.39, 0.29) is 28.8 Å². The third kappa shape index (κ3) is 4.53. The number of carbonyl (C=O) groups excluding carboxylic acids is 1. The maximum Gasteiger partial charge on any atom is 0.261 e. The van der Waals surface area contributed by atoms with Crippen LogP contribution in [0.15, 0.2) is 47.3 Å². The maximum atomic E-state index is 13.2. The summed E-state index contributed by atoms with van der Waals surface area (Å²) in [6.45, 7) is 3.06. The molecular formula is C26H27FN4O2. The van der Waals surface area contributed by atoms with Gasteiger partial charge in [-0.05, 0) is 87.1 Å². The highest BCUT2D eigenvalue weighted by atomic mass is 19.1. The fraction of sp³-hybridized carbons (Fsp3) is 0.346. The standard InChI is InChI=1S/C26H27FN4O2/c1-16-12-21(29-20-8-6-19(27)7-9-20)14-24(28-16)18-10-11-31(15-18)26(33)22-13-17-4-2-3-5-23(17)30-25(22)32/h6-9,12-14,18H,2-5,10-11,15H2,1H3,(H,28,29)(H,30,32)/t18-/m0/s1. The Balaban J connectivity index is 1.33. The molecule has 33 heavy (non-hydrogen) atoms. The van der Waals surface area contributed by atoms with Crippen molar-refractivity contribution < 1.29 is 9.18 Å². The minimum Gasteiger partial charge on any atom is -0.355 e. The molecule has 0 saturated carbocycles. The second kappa shape index (κ2) is 8.81. The smallest absolute Gasteiger partial charge is 0.261 e. The van der Waals surface area contributed by atoms with Gasteiger partial charge in [0, 0.05) is 47.5 Å². The van der Waals surface area contributed by atoms with Gasteiger partial charge in [-0.1, -0.05) is 0 Å². The second-order valence-corrected chi connectivity index (χ2v) is 9.01. The van der Waals surface area contributed by atoms with E-state index in [0.717, 1.165) is 66.1 Å². The number of aryl methyl sites for hydroxylation is 3. The third-order valence-electron chi connectivity index (χ3n) is 6.57. The molecule has 1 atom stereocenters. The molecule has 0 spiro atoms. The lowest BCUT2D eigenvalue weighted by molar-refractivity contribution is 0.0788. The van der Waals surface area contributed by atoms with E-state index in [0.29, 0.717) is 13.1 Å². The molecule has 1 aliphatic carbocycles. The molecule has 0 bridgehead atoms. The van der Waals surface area contributed by atoms with Crippen LogP contribution in [0.25, 0.3) is 0 Å². The average Bonchev–Trinajstić information content (AvgIpc) is 3.30. The van der Waals surface area contributed by atoms with Crippen molar-refractivity contribution >= 4 is 17.3 Å². The number of aromatic nitrogens is 2. The summed E-state index contributed by atoms with van der Waals surface area (Å²) in [5.41, 5.74) is 5.48. The van der Waals surface area contributed by atoms with Crippen LogP contribution in [0.4, 0.5) is 15.8 Å². The topological polar surface area (TPSA) is 78.1 Å². The molecule has 1 saturated heterocycles. The van der Waals surface area contributed by atoms with Crippen molar-refractivity contribution in [2.24, 2.45) is 0 Å². The lowest BCUT2D eigenvalue weighted by atomic mass is 9.95. The van der Waals surface area contributed by atoms with Gasteiger partial charge in [0.1, 0.15) is 11.4 Å². The number of hydrogen-bond acceptors (Lipinski definition) is 4. The Labute approximate surface area is 191 Å². The van der Waals surface area contributed by atoms with Crippen LogP contribution < -0.4 is 10.9 Å². The molecule has 0 unspecified atom stereocenters. The van der Waals surface area contributed by atoms with Crippen LogP contribution in [-0.4, -0.2) is 33.9 Å². The lowest BCUT2D eigenvalue weighted by Crippen LogP contribution is -2.34. The number of amides is 1. The quantitative estimate of drug-likeness (QED) is 0.620. The molecule has 0 radical (unpaired) electrons. The number of hydrogen-bond donors (Lipinski definition) is 2. The van der Waals surface area contributed by atoms with E-state index in [4.69, 9.17) is 4.98 Å². The Morgan fingerprint density at radius 1 is 1.12 bits per heavy atom. The lowest BCUT2D eigenvalue weighted by Gasteiger charge is -2.19. The van der Waals surface area contributed by atoms with Crippen LogP contribution in [0.1, 0.15) is 58.2 Å². The number of benzene rings is 1. The zero-order valence-electron chi connectivity index (χ0n) is 18.7. The first-order valence-corrected chi connectivity index (χ1v) is 11.5. The van der Waals surface area contributed by atoms with Crippen LogP contribution in [0.2, 0.25) is 0 Å². The van der Waals surface area contributed by atoms with E-state index in [9.17, 15) is 14.0 Å². The Kier molecular flexibility index (Phi) is 5.70. The molecule has 7 heteroatoms. The van der Waals surface area contributed by atoms with E-state index < -0.39 is 0 Å². The number of halogens is 1. The highest BCUT2D eigenvalue weighted by Gasteiger charge is 2.31. The van der Waals surface area contributed by atoms with Gasteiger partial charge < -0.3 is 15.2 Å².